The lowest BCUT2D eigenvalue weighted by molar-refractivity contribution is -0.870. The number of ether oxygens (including phenoxy) is 2. The van der Waals surface area contributed by atoms with E-state index in [-0.39, 0.29) is 26.1 Å². The summed E-state index contributed by atoms with van der Waals surface area (Å²) in [7, 11) is 1.15. The van der Waals surface area contributed by atoms with Crippen molar-refractivity contribution in [2.24, 2.45) is 0 Å². The lowest BCUT2D eigenvalue weighted by Crippen LogP contribution is -2.37. The fourth-order valence-corrected chi connectivity index (χ4v) is 6.26. The van der Waals surface area contributed by atoms with E-state index in [1.165, 1.54) is 51.4 Å². The van der Waals surface area contributed by atoms with Gasteiger partial charge in [-0.3, -0.25) is 14.2 Å². The molecule has 0 aliphatic rings. The zero-order valence-electron chi connectivity index (χ0n) is 35.2. The van der Waals surface area contributed by atoms with E-state index in [0.29, 0.717) is 17.4 Å². The quantitative estimate of drug-likeness (QED) is 0.0200. The first-order chi connectivity index (χ1) is 26.0. The topological polar surface area (TPSA) is 111 Å². The number of phosphoric ester groups is 1. The molecule has 0 aromatic carbocycles. The zero-order chi connectivity index (χ0) is 40.0. The number of phosphoric acid groups is 1. The van der Waals surface area contributed by atoms with Gasteiger partial charge in [-0.25, -0.2) is 0 Å². The van der Waals surface area contributed by atoms with Gasteiger partial charge in [-0.1, -0.05) is 152 Å². The minimum Gasteiger partial charge on any atom is -0.756 e. The van der Waals surface area contributed by atoms with Crippen molar-refractivity contribution in [2.75, 3.05) is 47.5 Å². The smallest absolute Gasteiger partial charge is 0.306 e. The number of hydrogen-bond donors (Lipinski definition) is 0. The van der Waals surface area contributed by atoms with Crippen molar-refractivity contribution in [3.63, 3.8) is 0 Å². The van der Waals surface area contributed by atoms with Crippen LogP contribution in [0.4, 0.5) is 0 Å². The van der Waals surface area contributed by atoms with Crippen molar-refractivity contribution in [3.8, 4) is 0 Å². The highest BCUT2D eigenvalue weighted by Gasteiger charge is 2.21. The van der Waals surface area contributed by atoms with Crippen LogP contribution in [0.25, 0.3) is 0 Å². The fraction of sp³-hybridized carbons (Fsp3) is 0.773. The molecule has 0 spiro atoms. The fourth-order valence-electron chi connectivity index (χ4n) is 5.53. The lowest BCUT2D eigenvalue weighted by atomic mass is 10.1. The first-order valence-corrected chi connectivity index (χ1v) is 22.8. The van der Waals surface area contributed by atoms with E-state index in [2.05, 4.69) is 62.5 Å². The Balaban J connectivity index is 4.38. The first kappa shape index (κ1) is 52.0. The highest BCUT2D eigenvalue weighted by Crippen LogP contribution is 2.38. The van der Waals surface area contributed by atoms with Crippen molar-refractivity contribution in [3.05, 3.63) is 48.6 Å². The molecule has 0 aromatic rings. The van der Waals surface area contributed by atoms with E-state index in [4.69, 9.17) is 18.5 Å². The molecule has 0 heterocycles. The van der Waals surface area contributed by atoms with Gasteiger partial charge in [0.1, 0.15) is 19.8 Å². The number of esters is 2. The molecule has 2 unspecified atom stereocenters. The molecule has 0 rings (SSSR count). The molecule has 0 saturated heterocycles. The summed E-state index contributed by atoms with van der Waals surface area (Å²) in [5.41, 5.74) is 0. The first-order valence-electron chi connectivity index (χ1n) is 21.3. The van der Waals surface area contributed by atoms with Gasteiger partial charge in [0.15, 0.2) is 6.10 Å². The standard InChI is InChI=1S/C44H80NO8P/c1-6-8-10-12-14-16-18-19-20-21-22-23-24-25-27-29-31-33-35-37-44(47)53-42(41-52-54(48,49)51-39-38-45(3,4)5)40-50-43(46)36-34-32-30-28-26-17-15-13-11-9-7-2/h8,10,14,16,19-20,22-23,42H,6-7,9,11-13,15,17-18,21,24-41H2,1-5H3/b10-8-,16-14-,20-19-,23-22-. The minimum atomic E-state index is -4.62. The maximum absolute atomic E-state index is 12.7. The molecule has 0 aliphatic carbocycles. The van der Waals surface area contributed by atoms with E-state index in [9.17, 15) is 19.0 Å². The Morgan fingerprint density at radius 3 is 1.57 bits per heavy atom. The number of allylic oxidation sites excluding steroid dienone is 8. The third-order valence-corrected chi connectivity index (χ3v) is 9.83. The van der Waals surface area contributed by atoms with Crippen molar-refractivity contribution >= 4 is 19.8 Å². The third-order valence-electron chi connectivity index (χ3n) is 8.86. The summed E-state index contributed by atoms with van der Waals surface area (Å²) in [4.78, 5) is 37.4. The Labute approximate surface area is 331 Å². The maximum atomic E-state index is 12.7. The largest absolute Gasteiger partial charge is 0.756 e. The van der Waals surface area contributed by atoms with E-state index in [1.54, 1.807) is 0 Å². The number of quaternary nitrogens is 1. The zero-order valence-corrected chi connectivity index (χ0v) is 36.0. The Morgan fingerprint density at radius 2 is 1.06 bits per heavy atom. The number of carbonyl (C=O) groups excluding carboxylic acids is 2. The van der Waals surface area contributed by atoms with Crippen LogP contribution in [0.2, 0.25) is 0 Å². The highest BCUT2D eigenvalue weighted by atomic mass is 31.2. The van der Waals surface area contributed by atoms with Gasteiger partial charge in [-0.2, -0.15) is 0 Å². The minimum absolute atomic E-state index is 0.0346. The van der Waals surface area contributed by atoms with Gasteiger partial charge >= 0.3 is 11.9 Å². The van der Waals surface area contributed by atoms with Gasteiger partial charge < -0.3 is 27.9 Å². The number of nitrogens with zero attached hydrogens (tertiary/aromatic N) is 1. The van der Waals surface area contributed by atoms with Crippen molar-refractivity contribution < 1.29 is 42.1 Å². The second-order valence-electron chi connectivity index (χ2n) is 15.3. The lowest BCUT2D eigenvalue weighted by Gasteiger charge is -2.28. The van der Waals surface area contributed by atoms with Gasteiger partial charge in [0.25, 0.3) is 7.82 Å². The van der Waals surface area contributed by atoms with E-state index < -0.39 is 32.5 Å². The maximum Gasteiger partial charge on any atom is 0.306 e. The molecular formula is C44H80NO8P. The summed E-state index contributed by atoms with van der Waals surface area (Å²) in [6.45, 7) is 4.08. The van der Waals surface area contributed by atoms with Crippen LogP contribution in [-0.4, -0.2) is 70.0 Å². The SMILES string of the molecule is CC/C=C\C/C=C\C/C=C\C/C=C\CCCCCCCCC(=O)OC(COC(=O)CCCCCCCCCCCCC)COP(=O)([O-])OCC[N+](C)(C)C. The summed E-state index contributed by atoms with van der Waals surface area (Å²) >= 11 is 0. The van der Waals surface area contributed by atoms with Crippen LogP contribution in [0.5, 0.6) is 0 Å². The van der Waals surface area contributed by atoms with Crippen LogP contribution < -0.4 is 4.89 Å². The molecule has 9 nitrogen and oxygen atoms in total. The van der Waals surface area contributed by atoms with Crippen molar-refractivity contribution in [1.29, 1.82) is 0 Å². The second kappa shape index (κ2) is 36.6. The average molecular weight is 782 g/mol. The van der Waals surface area contributed by atoms with Crippen LogP contribution in [0.1, 0.15) is 168 Å². The summed E-state index contributed by atoms with van der Waals surface area (Å²) in [5, 5.41) is 0. The van der Waals surface area contributed by atoms with Gasteiger partial charge in [-0.05, 0) is 51.4 Å². The van der Waals surface area contributed by atoms with Crippen molar-refractivity contribution in [2.45, 2.75) is 174 Å². The molecule has 0 aromatic heterocycles. The summed E-state index contributed by atoms with van der Waals surface area (Å²) < 4.78 is 33.8. The third kappa shape index (κ3) is 39.7. The predicted octanol–water partition coefficient (Wildman–Crippen LogP) is 11.3. The summed E-state index contributed by atoms with van der Waals surface area (Å²) in [6.07, 6.45) is 41.3. The molecule has 2 atom stereocenters. The van der Waals surface area contributed by atoms with E-state index in [0.717, 1.165) is 83.5 Å². The Kier molecular flexibility index (Phi) is 35.2. The number of hydrogen-bond acceptors (Lipinski definition) is 8. The molecule has 0 aliphatic heterocycles. The Hall–Kier alpha value is -2.03. The summed E-state index contributed by atoms with van der Waals surface area (Å²) in [6, 6.07) is 0. The normalized spacial score (nSPS) is 14.1. The monoisotopic (exact) mass is 782 g/mol. The highest BCUT2D eigenvalue weighted by molar-refractivity contribution is 7.45. The number of unbranched alkanes of at least 4 members (excludes halogenated alkanes) is 16. The molecule has 54 heavy (non-hydrogen) atoms. The Bertz CT molecular complexity index is 1070. The van der Waals surface area contributed by atoms with Gasteiger partial charge in [0.05, 0.1) is 27.7 Å². The molecule has 0 amide bonds. The second-order valence-corrected chi connectivity index (χ2v) is 16.7. The molecule has 0 N–H and O–H groups in total. The number of likely N-dealkylation sites (N-methyl/N-ethyl adjacent to an activating group) is 1. The number of carbonyl (C=O) groups is 2. The van der Waals surface area contributed by atoms with Crippen LogP contribution in [0, 0.1) is 0 Å². The van der Waals surface area contributed by atoms with Gasteiger partial charge in [0, 0.05) is 12.8 Å². The molecule has 0 bridgehead atoms. The van der Waals surface area contributed by atoms with Crippen LogP contribution in [-0.2, 0) is 32.7 Å². The molecule has 0 saturated carbocycles. The van der Waals surface area contributed by atoms with Crippen LogP contribution in [0.3, 0.4) is 0 Å². The van der Waals surface area contributed by atoms with Gasteiger partial charge in [0.2, 0.25) is 0 Å². The van der Waals surface area contributed by atoms with Crippen molar-refractivity contribution in [1.82, 2.24) is 0 Å². The van der Waals surface area contributed by atoms with Crippen LogP contribution in [0.15, 0.2) is 48.6 Å². The average Bonchev–Trinajstić information content (AvgIpc) is 3.12. The predicted molar refractivity (Wildman–Crippen MR) is 222 cm³/mol. The molecule has 314 valence electrons. The molecule has 10 heteroatoms. The molecule has 0 fully saturated rings. The van der Waals surface area contributed by atoms with Gasteiger partial charge in [-0.15, -0.1) is 0 Å². The molecule has 0 radical (unpaired) electrons. The Morgan fingerprint density at radius 1 is 0.593 bits per heavy atom. The van der Waals surface area contributed by atoms with E-state index >= 15 is 0 Å². The number of rotatable bonds is 38. The summed E-state index contributed by atoms with van der Waals surface area (Å²) in [5.74, 6) is -0.852. The van der Waals surface area contributed by atoms with Crippen LogP contribution >= 0.6 is 7.82 Å². The van der Waals surface area contributed by atoms with E-state index in [1.807, 2.05) is 21.1 Å². The molecular weight excluding hydrogens is 701 g/mol.